The minimum absolute atomic E-state index is 0.0341. The largest absolute Gasteiger partial charge is 0.352 e. The molecule has 0 unspecified atom stereocenters. The Hall–Kier alpha value is -2.37. The monoisotopic (exact) mass is 388 g/mol. The van der Waals surface area contributed by atoms with Crippen molar-refractivity contribution in [3.63, 3.8) is 0 Å². The number of nitrogens with one attached hydrogen (secondary N) is 1. The van der Waals surface area contributed by atoms with Crippen molar-refractivity contribution < 1.29 is 4.79 Å². The van der Waals surface area contributed by atoms with Gasteiger partial charge in [0.1, 0.15) is 11.6 Å². The van der Waals surface area contributed by atoms with Gasteiger partial charge in [-0.15, -0.1) is 0 Å². The third-order valence-electron chi connectivity index (χ3n) is 4.01. The van der Waals surface area contributed by atoms with Crippen LogP contribution in [0, 0.1) is 6.92 Å². The second kappa shape index (κ2) is 8.34. The predicted molar refractivity (Wildman–Crippen MR) is 103 cm³/mol. The van der Waals surface area contributed by atoms with E-state index in [1.54, 1.807) is 24.5 Å². The number of hydrogen-bond donors (Lipinski definition) is 1. The van der Waals surface area contributed by atoms with E-state index in [9.17, 15) is 4.79 Å². The Morgan fingerprint density at radius 1 is 1.15 bits per heavy atom. The molecule has 0 bridgehead atoms. The van der Waals surface area contributed by atoms with Gasteiger partial charge >= 0.3 is 0 Å². The molecule has 1 amide bonds. The molecule has 7 heteroatoms. The third-order valence-corrected chi connectivity index (χ3v) is 4.60. The maximum Gasteiger partial charge on any atom is 0.220 e. The van der Waals surface area contributed by atoms with E-state index in [1.807, 2.05) is 35.9 Å². The zero-order valence-corrected chi connectivity index (χ0v) is 15.8. The van der Waals surface area contributed by atoms with Crippen LogP contribution in [0.15, 0.2) is 48.9 Å². The first-order chi connectivity index (χ1) is 12.5. The van der Waals surface area contributed by atoms with Gasteiger partial charge in [-0.05, 0) is 48.7 Å². The maximum absolute atomic E-state index is 12.1. The van der Waals surface area contributed by atoms with E-state index in [2.05, 4.69) is 15.3 Å². The number of pyridine rings is 1. The molecule has 0 saturated carbocycles. The summed E-state index contributed by atoms with van der Waals surface area (Å²) >= 11 is 12.0. The van der Waals surface area contributed by atoms with Crippen LogP contribution >= 0.6 is 23.2 Å². The van der Waals surface area contributed by atoms with Gasteiger partial charge in [-0.1, -0.05) is 29.3 Å². The van der Waals surface area contributed by atoms with Gasteiger partial charge in [-0.25, -0.2) is 9.97 Å². The van der Waals surface area contributed by atoms with E-state index in [1.165, 1.54) is 0 Å². The Bertz CT molecular complexity index is 923. The van der Waals surface area contributed by atoms with E-state index < -0.39 is 0 Å². The molecule has 0 fully saturated rings. The van der Waals surface area contributed by atoms with Crippen molar-refractivity contribution in [1.82, 2.24) is 19.9 Å². The van der Waals surface area contributed by atoms with Gasteiger partial charge in [0.05, 0.1) is 0 Å². The van der Waals surface area contributed by atoms with Crippen LogP contribution in [0.1, 0.15) is 23.4 Å². The quantitative estimate of drug-likeness (QED) is 0.690. The summed E-state index contributed by atoms with van der Waals surface area (Å²) in [6.45, 7) is 2.36. The summed E-state index contributed by atoms with van der Waals surface area (Å²) in [6.07, 6.45) is 6.24. The number of nitrogens with zero attached hydrogens (tertiary/aromatic N) is 3. The lowest BCUT2D eigenvalue weighted by Gasteiger charge is -2.09. The van der Waals surface area contributed by atoms with Crippen molar-refractivity contribution in [1.29, 1.82) is 0 Å². The molecule has 0 aliphatic carbocycles. The zero-order valence-electron chi connectivity index (χ0n) is 14.2. The van der Waals surface area contributed by atoms with Crippen LogP contribution in [0.4, 0.5) is 0 Å². The summed E-state index contributed by atoms with van der Waals surface area (Å²) in [5.41, 5.74) is 1.88. The summed E-state index contributed by atoms with van der Waals surface area (Å²) in [6, 6.07) is 9.13. The summed E-state index contributed by atoms with van der Waals surface area (Å²) in [5, 5.41) is 4.10. The van der Waals surface area contributed by atoms with Crippen molar-refractivity contribution in [2.45, 2.75) is 26.3 Å². The zero-order chi connectivity index (χ0) is 18.5. The summed E-state index contributed by atoms with van der Waals surface area (Å²) < 4.78 is 1.90. The molecule has 0 saturated heterocycles. The SMILES string of the molecule is Cc1nccn1-c1cc(CNC(=O)CCc2ccc(Cl)cc2Cl)ccn1. The molecule has 0 atom stereocenters. The van der Waals surface area contributed by atoms with Gasteiger partial charge in [0.2, 0.25) is 5.91 Å². The maximum atomic E-state index is 12.1. The van der Waals surface area contributed by atoms with Crippen LogP contribution in [-0.4, -0.2) is 20.4 Å². The Kier molecular flexibility index (Phi) is 5.91. The van der Waals surface area contributed by atoms with E-state index >= 15 is 0 Å². The fourth-order valence-electron chi connectivity index (χ4n) is 2.58. The third kappa shape index (κ3) is 4.62. The molecule has 0 spiro atoms. The Morgan fingerprint density at radius 3 is 2.73 bits per heavy atom. The molecule has 0 aliphatic rings. The van der Waals surface area contributed by atoms with Crippen LogP contribution in [0.25, 0.3) is 5.82 Å². The lowest BCUT2D eigenvalue weighted by Crippen LogP contribution is -2.23. The molecular weight excluding hydrogens is 371 g/mol. The molecule has 26 heavy (non-hydrogen) atoms. The number of aryl methyl sites for hydroxylation is 2. The molecule has 5 nitrogen and oxygen atoms in total. The Labute approximate surface area is 162 Å². The highest BCUT2D eigenvalue weighted by Gasteiger charge is 2.07. The van der Waals surface area contributed by atoms with Crippen LogP contribution in [0.2, 0.25) is 10.0 Å². The van der Waals surface area contributed by atoms with E-state index in [0.29, 0.717) is 29.4 Å². The average molecular weight is 389 g/mol. The fraction of sp³-hybridized carbons (Fsp3) is 0.211. The van der Waals surface area contributed by atoms with Crippen LogP contribution in [0.5, 0.6) is 0 Å². The summed E-state index contributed by atoms with van der Waals surface area (Å²) in [5.74, 6) is 1.60. The number of amides is 1. The van der Waals surface area contributed by atoms with Crippen LogP contribution in [-0.2, 0) is 17.8 Å². The summed E-state index contributed by atoms with van der Waals surface area (Å²) in [7, 11) is 0. The molecule has 1 aromatic carbocycles. The smallest absolute Gasteiger partial charge is 0.220 e. The number of benzene rings is 1. The second-order valence-electron chi connectivity index (χ2n) is 5.88. The number of hydrogen-bond acceptors (Lipinski definition) is 3. The molecule has 134 valence electrons. The number of imidazole rings is 1. The highest BCUT2D eigenvalue weighted by atomic mass is 35.5. The summed E-state index contributed by atoms with van der Waals surface area (Å²) in [4.78, 5) is 20.7. The Morgan fingerprint density at radius 2 is 2.00 bits per heavy atom. The molecule has 1 N–H and O–H groups in total. The van der Waals surface area contributed by atoms with Crippen molar-refractivity contribution >= 4 is 29.1 Å². The first-order valence-electron chi connectivity index (χ1n) is 8.19. The minimum Gasteiger partial charge on any atom is -0.352 e. The topological polar surface area (TPSA) is 59.8 Å². The lowest BCUT2D eigenvalue weighted by atomic mass is 10.1. The normalized spacial score (nSPS) is 10.7. The minimum atomic E-state index is -0.0341. The molecule has 0 aliphatic heterocycles. The first kappa shape index (κ1) is 18.4. The predicted octanol–water partition coefficient (Wildman–Crippen LogP) is 4.13. The number of halogens is 2. The number of rotatable bonds is 6. The van der Waals surface area contributed by atoms with E-state index in [0.717, 1.165) is 22.8 Å². The second-order valence-corrected chi connectivity index (χ2v) is 6.72. The molecule has 2 aromatic heterocycles. The standard InChI is InChI=1S/C19H18Cl2N4O/c1-13-22-8-9-25(13)18-10-14(6-7-23-18)12-24-19(26)5-3-15-2-4-16(20)11-17(15)21/h2,4,6-11H,3,5,12H2,1H3,(H,24,26). The Balaban J connectivity index is 1.55. The average Bonchev–Trinajstić information content (AvgIpc) is 3.05. The van der Waals surface area contributed by atoms with Gasteiger partial charge in [-0.3, -0.25) is 9.36 Å². The molecule has 3 rings (SSSR count). The number of aromatic nitrogens is 3. The molecule has 2 heterocycles. The number of carbonyl (C=O) groups is 1. The van der Waals surface area contributed by atoms with Gasteiger partial charge < -0.3 is 5.32 Å². The fourth-order valence-corrected chi connectivity index (χ4v) is 3.09. The highest BCUT2D eigenvalue weighted by Crippen LogP contribution is 2.22. The van der Waals surface area contributed by atoms with Crippen molar-refractivity contribution in [2.75, 3.05) is 0 Å². The van der Waals surface area contributed by atoms with E-state index in [-0.39, 0.29) is 5.91 Å². The highest BCUT2D eigenvalue weighted by molar-refractivity contribution is 6.35. The van der Waals surface area contributed by atoms with Gasteiger partial charge in [0, 0.05) is 41.6 Å². The van der Waals surface area contributed by atoms with Crippen LogP contribution in [0.3, 0.4) is 0 Å². The molecule has 3 aromatic rings. The van der Waals surface area contributed by atoms with Crippen molar-refractivity contribution in [3.8, 4) is 5.82 Å². The van der Waals surface area contributed by atoms with Crippen LogP contribution < -0.4 is 5.32 Å². The van der Waals surface area contributed by atoms with Crippen molar-refractivity contribution in [3.05, 3.63) is 75.9 Å². The van der Waals surface area contributed by atoms with Gasteiger partial charge in [-0.2, -0.15) is 0 Å². The van der Waals surface area contributed by atoms with E-state index in [4.69, 9.17) is 23.2 Å². The van der Waals surface area contributed by atoms with Gasteiger partial charge in [0.15, 0.2) is 0 Å². The van der Waals surface area contributed by atoms with Crippen molar-refractivity contribution in [2.24, 2.45) is 0 Å². The molecular formula is C19H18Cl2N4O. The lowest BCUT2D eigenvalue weighted by molar-refractivity contribution is -0.121. The van der Waals surface area contributed by atoms with Gasteiger partial charge in [0.25, 0.3) is 0 Å². The molecule has 0 radical (unpaired) electrons. The number of carbonyl (C=O) groups excluding carboxylic acids is 1. The first-order valence-corrected chi connectivity index (χ1v) is 8.94.